The Hall–Kier alpha value is -2.63. The summed E-state index contributed by atoms with van der Waals surface area (Å²) in [4.78, 5) is 18.5. The molecule has 1 aromatic heterocycles. The number of carbonyl (C=O) groups is 1. The topological polar surface area (TPSA) is 70.2 Å². The number of sulfonamides is 1. The molecule has 2 aromatic carbocycles. The van der Waals surface area contributed by atoms with Crippen LogP contribution in [-0.2, 0) is 32.6 Å². The summed E-state index contributed by atoms with van der Waals surface area (Å²) < 4.78 is 47.2. The van der Waals surface area contributed by atoms with Crippen LogP contribution in [0.5, 0.6) is 0 Å². The molecular formula is C26H30FN3O4S2. The molecule has 1 aliphatic heterocycles. The molecule has 1 fully saturated rings. The minimum Gasteiger partial charge on any atom is -0.379 e. The highest BCUT2D eigenvalue weighted by Gasteiger charge is 2.29. The van der Waals surface area contributed by atoms with Crippen molar-refractivity contribution in [2.45, 2.75) is 18.0 Å². The molecule has 192 valence electrons. The predicted octanol–water partition coefficient (Wildman–Crippen LogP) is 3.44. The molecule has 7 nitrogen and oxygen atoms in total. The van der Waals surface area contributed by atoms with E-state index in [1.165, 1.54) is 27.8 Å². The maximum atomic E-state index is 13.6. The van der Waals surface area contributed by atoms with Gasteiger partial charge in [-0.1, -0.05) is 36.4 Å². The van der Waals surface area contributed by atoms with E-state index in [0.29, 0.717) is 26.3 Å². The fraction of sp³-hybridized carbons (Fsp3) is 0.346. The van der Waals surface area contributed by atoms with Crippen molar-refractivity contribution >= 4 is 27.3 Å². The first-order valence-electron chi connectivity index (χ1n) is 11.8. The number of nitrogens with zero attached hydrogens (tertiary/aromatic N) is 3. The third kappa shape index (κ3) is 7.21. The Kier molecular flexibility index (Phi) is 9.22. The van der Waals surface area contributed by atoms with Gasteiger partial charge in [0.2, 0.25) is 15.9 Å². The first-order chi connectivity index (χ1) is 17.4. The van der Waals surface area contributed by atoms with Gasteiger partial charge in [0.25, 0.3) is 0 Å². The third-order valence-corrected chi connectivity index (χ3v) is 8.75. The molecule has 0 bridgehead atoms. The Balaban J connectivity index is 1.55. The van der Waals surface area contributed by atoms with Gasteiger partial charge in [0, 0.05) is 37.6 Å². The van der Waals surface area contributed by atoms with Gasteiger partial charge < -0.3 is 9.64 Å². The van der Waals surface area contributed by atoms with E-state index < -0.39 is 10.0 Å². The Bertz CT molecular complexity index is 1200. The highest BCUT2D eigenvalue weighted by atomic mass is 32.2. The maximum absolute atomic E-state index is 13.6. The van der Waals surface area contributed by atoms with Crippen molar-refractivity contribution in [3.8, 4) is 0 Å². The van der Waals surface area contributed by atoms with Crippen molar-refractivity contribution < 1.29 is 22.3 Å². The lowest BCUT2D eigenvalue weighted by Gasteiger charge is -2.31. The zero-order valence-electron chi connectivity index (χ0n) is 20.0. The second-order valence-electron chi connectivity index (χ2n) is 8.56. The van der Waals surface area contributed by atoms with Crippen molar-refractivity contribution in [2.24, 2.45) is 0 Å². The van der Waals surface area contributed by atoms with Crippen molar-refractivity contribution in [3.63, 3.8) is 0 Å². The molecule has 10 heteroatoms. The Morgan fingerprint density at radius 3 is 2.36 bits per heavy atom. The van der Waals surface area contributed by atoms with Gasteiger partial charge in [0.15, 0.2) is 0 Å². The smallest absolute Gasteiger partial charge is 0.243 e. The SMILES string of the molecule is O=C(CN(CCN1CCOCC1)S(=O)(=O)c1ccccc1)N(Cc1ccc(F)cc1)Cc1cccs1. The molecule has 2 heterocycles. The maximum Gasteiger partial charge on any atom is 0.243 e. The van der Waals surface area contributed by atoms with Gasteiger partial charge in [0.1, 0.15) is 5.82 Å². The highest BCUT2D eigenvalue weighted by molar-refractivity contribution is 7.89. The van der Waals surface area contributed by atoms with Gasteiger partial charge in [-0.2, -0.15) is 4.31 Å². The van der Waals surface area contributed by atoms with E-state index in [-0.39, 0.29) is 36.3 Å². The van der Waals surface area contributed by atoms with Gasteiger partial charge in [-0.15, -0.1) is 11.3 Å². The zero-order chi connectivity index (χ0) is 25.4. The van der Waals surface area contributed by atoms with Crippen LogP contribution in [0.25, 0.3) is 0 Å². The number of ether oxygens (including phenoxy) is 1. The first kappa shape index (κ1) is 26.4. The first-order valence-corrected chi connectivity index (χ1v) is 14.1. The van der Waals surface area contributed by atoms with Gasteiger partial charge in [0.05, 0.1) is 31.2 Å². The normalized spacial score (nSPS) is 14.7. The molecule has 3 aromatic rings. The van der Waals surface area contributed by atoms with Crippen LogP contribution in [-0.4, -0.2) is 74.4 Å². The molecule has 0 atom stereocenters. The van der Waals surface area contributed by atoms with E-state index >= 15 is 0 Å². The number of hydrogen-bond acceptors (Lipinski definition) is 6. The predicted molar refractivity (Wildman–Crippen MR) is 137 cm³/mol. The lowest BCUT2D eigenvalue weighted by Crippen LogP contribution is -2.46. The monoisotopic (exact) mass is 531 g/mol. The number of halogens is 1. The van der Waals surface area contributed by atoms with Gasteiger partial charge in [-0.05, 0) is 41.3 Å². The second-order valence-corrected chi connectivity index (χ2v) is 11.5. The summed E-state index contributed by atoms with van der Waals surface area (Å²) in [5.41, 5.74) is 0.770. The summed E-state index contributed by atoms with van der Waals surface area (Å²) in [5.74, 6) is -0.660. The number of rotatable bonds is 11. The Morgan fingerprint density at radius 1 is 0.972 bits per heavy atom. The van der Waals surface area contributed by atoms with E-state index in [1.807, 2.05) is 17.5 Å². The molecule has 1 saturated heterocycles. The molecule has 4 rings (SSSR count). The number of morpholine rings is 1. The number of thiophene rings is 1. The number of carbonyl (C=O) groups excluding carboxylic acids is 1. The average molecular weight is 532 g/mol. The standard InChI is InChI=1S/C26H30FN3O4S2/c27-23-10-8-22(9-11-23)19-29(20-24-5-4-18-35-24)26(31)21-30(13-12-28-14-16-34-17-15-28)36(32,33)25-6-2-1-3-7-25/h1-11,18H,12-17,19-21H2. The van der Waals surface area contributed by atoms with Crippen LogP contribution in [0.2, 0.25) is 0 Å². The lowest BCUT2D eigenvalue weighted by molar-refractivity contribution is -0.132. The molecule has 0 radical (unpaired) electrons. The van der Waals surface area contributed by atoms with E-state index in [4.69, 9.17) is 4.74 Å². The fourth-order valence-corrected chi connectivity index (χ4v) is 6.11. The van der Waals surface area contributed by atoms with Crippen LogP contribution in [0.3, 0.4) is 0 Å². The van der Waals surface area contributed by atoms with Crippen molar-refractivity contribution in [3.05, 3.63) is 88.4 Å². The van der Waals surface area contributed by atoms with Crippen LogP contribution in [0, 0.1) is 5.82 Å². The third-order valence-electron chi connectivity index (χ3n) is 6.03. The van der Waals surface area contributed by atoms with Crippen LogP contribution in [0.15, 0.2) is 77.0 Å². The Labute approximate surface area is 215 Å². The van der Waals surface area contributed by atoms with E-state index in [9.17, 15) is 17.6 Å². The van der Waals surface area contributed by atoms with Crippen molar-refractivity contribution in [1.29, 1.82) is 0 Å². The van der Waals surface area contributed by atoms with Gasteiger partial charge in [-0.3, -0.25) is 9.69 Å². The second kappa shape index (κ2) is 12.6. The quantitative estimate of drug-likeness (QED) is 0.379. The molecule has 0 aliphatic carbocycles. The number of amides is 1. The van der Waals surface area contributed by atoms with Gasteiger partial charge in [-0.25, -0.2) is 12.8 Å². The molecular weight excluding hydrogens is 501 g/mol. The van der Waals surface area contributed by atoms with Crippen LogP contribution in [0.4, 0.5) is 4.39 Å². The molecule has 0 spiro atoms. The summed E-state index contributed by atoms with van der Waals surface area (Å²) in [6.07, 6.45) is 0. The molecule has 36 heavy (non-hydrogen) atoms. The molecule has 1 aliphatic rings. The van der Waals surface area contributed by atoms with Crippen LogP contribution in [0.1, 0.15) is 10.4 Å². The van der Waals surface area contributed by atoms with Crippen LogP contribution >= 0.6 is 11.3 Å². The van der Waals surface area contributed by atoms with E-state index in [0.717, 1.165) is 23.5 Å². The zero-order valence-corrected chi connectivity index (χ0v) is 21.6. The van der Waals surface area contributed by atoms with E-state index in [1.54, 1.807) is 47.4 Å². The minimum absolute atomic E-state index is 0.156. The van der Waals surface area contributed by atoms with Gasteiger partial charge >= 0.3 is 0 Å². The summed E-state index contributed by atoms with van der Waals surface area (Å²) in [6, 6.07) is 18.0. The lowest BCUT2D eigenvalue weighted by atomic mass is 10.2. The van der Waals surface area contributed by atoms with Crippen molar-refractivity contribution in [1.82, 2.24) is 14.1 Å². The molecule has 0 unspecified atom stereocenters. The molecule has 0 N–H and O–H groups in total. The summed E-state index contributed by atoms with van der Waals surface area (Å²) in [6.45, 7) is 3.67. The van der Waals surface area contributed by atoms with Crippen molar-refractivity contribution in [2.75, 3.05) is 45.9 Å². The molecule has 1 amide bonds. The molecule has 0 saturated carbocycles. The number of hydrogen-bond donors (Lipinski definition) is 0. The van der Waals surface area contributed by atoms with Crippen LogP contribution < -0.4 is 0 Å². The summed E-state index contributed by atoms with van der Waals surface area (Å²) in [7, 11) is -3.89. The summed E-state index contributed by atoms with van der Waals surface area (Å²) >= 11 is 1.53. The Morgan fingerprint density at radius 2 is 1.69 bits per heavy atom. The fourth-order valence-electron chi connectivity index (χ4n) is 3.99. The minimum atomic E-state index is -3.89. The van der Waals surface area contributed by atoms with E-state index in [2.05, 4.69) is 4.90 Å². The average Bonchev–Trinajstić information content (AvgIpc) is 3.41. The number of benzene rings is 2. The largest absolute Gasteiger partial charge is 0.379 e. The summed E-state index contributed by atoms with van der Waals surface area (Å²) in [5, 5.41) is 1.93. The highest BCUT2D eigenvalue weighted by Crippen LogP contribution is 2.19.